The topological polar surface area (TPSA) is 74.8 Å². The average molecular weight is 293 g/mol. The molecular formula is C14H19N3O2S. The van der Waals surface area contributed by atoms with Gasteiger partial charge in [0.2, 0.25) is 0 Å². The van der Waals surface area contributed by atoms with Crippen LogP contribution in [0.25, 0.3) is 11.0 Å². The van der Waals surface area contributed by atoms with Crippen molar-refractivity contribution in [3.05, 3.63) is 30.1 Å². The summed E-state index contributed by atoms with van der Waals surface area (Å²) in [5, 5.41) is 3.48. The second-order valence-corrected chi connectivity index (χ2v) is 7.76. The third-order valence-electron chi connectivity index (χ3n) is 3.86. The predicted octanol–water partition coefficient (Wildman–Crippen LogP) is 1.79. The van der Waals surface area contributed by atoms with E-state index in [4.69, 9.17) is 0 Å². The number of para-hydroxylation sites is 2. The number of nitrogens with zero attached hydrogens (tertiary/aromatic N) is 1. The normalized spacial score (nSPS) is 21.1. The van der Waals surface area contributed by atoms with Crippen molar-refractivity contribution in [3.8, 4) is 0 Å². The van der Waals surface area contributed by atoms with Gasteiger partial charge in [0.15, 0.2) is 0 Å². The van der Waals surface area contributed by atoms with Gasteiger partial charge in [0.25, 0.3) is 0 Å². The fourth-order valence-electron chi connectivity index (χ4n) is 2.67. The maximum atomic E-state index is 11.4. The molecule has 0 amide bonds. The van der Waals surface area contributed by atoms with Crippen molar-refractivity contribution in [2.45, 2.75) is 31.8 Å². The molecule has 1 aliphatic heterocycles. The monoisotopic (exact) mass is 293 g/mol. The van der Waals surface area contributed by atoms with Crippen LogP contribution in [0.4, 0.5) is 0 Å². The zero-order chi connectivity index (χ0) is 14.2. The summed E-state index contributed by atoms with van der Waals surface area (Å²) in [5.41, 5.74) is 1.99. The average Bonchev–Trinajstić information content (AvgIpc) is 2.85. The van der Waals surface area contributed by atoms with Crippen molar-refractivity contribution in [2.24, 2.45) is 0 Å². The van der Waals surface area contributed by atoms with Gasteiger partial charge >= 0.3 is 0 Å². The summed E-state index contributed by atoms with van der Waals surface area (Å²) in [6.07, 6.45) is 1.37. The van der Waals surface area contributed by atoms with E-state index in [1.807, 2.05) is 24.3 Å². The number of nitrogens with one attached hydrogen (secondary N) is 2. The van der Waals surface area contributed by atoms with Crippen LogP contribution in [0, 0.1) is 0 Å². The molecule has 0 bridgehead atoms. The van der Waals surface area contributed by atoms with Crippen LogP contribution in [0.1, 0.15) is 31.6 Å². The van der Waals surface area contributed by atoms with Gasteiger partial charge in [0, 0.05) is 6.04 Å². The zero-order valence-electron chi connectivity index (χ0n) is 11.5. The minimum atomic E-state index is -2.80. The lowest BCUT2D eigenvalue weighted by molar-refractivity contribution is 0.412. The lowest BCUT2D eigenvalue weighted by atomic mass is 10.1. The Morgan fingerprint density at radius 2 is 2.00 bits per heavy atom. The van der Waals surface area contributed by atoms with Gasteiger partial charge in [-0.25, -0.2) is 13.4 Å². The Morgan fingerprint density at radius 1 is 1.30 bits per heavy atom. The number of aromatic amines is 1. The number of hydrogen-bond donors (Lipinski definition) is 2. The molecule has 1 aliphatic rings. The molecule has 1 fully saturated rings. The van der Waals surface area contributed by atoms with Gasteiger partial charge in [-0.05, 0) is 31.9 Å². The molecular weight excluding hydrogens is 274 g/mol. The molecule has 1 saturated heterocycles. The molecule has 3 rings (SSSR count). The second-order valence-electron chi connectivity index (χ2n) is 5.45. The van der Waals surface area contributed by atoms with Gasteiger partial charge in [-0.1, -0.05) is 12.1 Å². The fraction of sp³-hybridized carbons (Fsp3) is 0.500. The van der Waals surface area contributed by atoms with Crippen LogP contribution >= 0.6 is 0 Å². The Labute approximate surface area is 118 Å². The molecule has 1 atom stereocenters. The molecule has 0 saturated carbocycles. The van der Waals surface area contributed by atoms with Crippen LogP contribution in [-0.2, 0) is 9.84 Å². The van der Waals surface area contributed by atoms with E-state index in [1.54, 1.807) is 0 Å². The molecule has 1 aromatic heterocycles. The summed E-state index contributed by atoms with van der Waals surface area (Å²) in [6.45, 7) is 2.06. The largest absolute Gasteiger partial charge is 0.341 e. The molecule has 0 spiro atoms. The van der Waals surface area contributed by atoms with E-state index < -0.39 is 9.84 Å². The maximum Gasteiger partial charge on any atom is 0.150 e. The van der Waals surface area contributed by atoms with Crippen molar-refractivity contribution < 1.29 is 8.42 Å². The number of rotatable bonds is 3. The molecule has 0 aliphatic carbocycles. The Kier molecular flexibility index (Phi) is 3.52. The summed E-state index contributed by atoms with van der Waals surface area (Å²) < 4.78 is 22.8. The standard InChI is InChI=1S/C14H19N3O2S/c1-10(15-11-6-8-20(18,19)9-7-11)14-16-12-4-2-3-5-13(12)17-14/h2-5,10-11,15H,6-9H2,1H3,(H,16,17). The van der Waals surface area contributed by atoms with Crippen LogP contribution in [0.2, 0.25) is 0 Å². The van der Waals surface area contributed by atoms with Crippen LogP contribution in [-0.4, -0.2) is 35.9 Å². The minimum absolute atomic E-state index is 0.0909. The lowest BCUT2D eigenvalue weighted by Crippen LogP contribution is -2.39. The van der Waals surface area contributed by atoms with Gasteiger partial charge in [-0.3, -0.25) is 0 Å². The molecule has 2 heterocycles. The SMILES string of the molecule is CC(NC1CCS(=O)(=O)CC1)c1nc2ccccc2[nH]1. The summed E-state index contributed by atoms with van der Waals surface area (Å²) in [7, 11) is -2.80. The predicted molar refractivity (Wildman–Crippen MR) is 79.3 cm³/mol. The Morgan fingerprint density at radius 3 is 2.70 bits per heavy atom. The molecule has 108 valence electrons. The highest BCUT2D eigenvalue weighted by Gasteiger charge is 2.25. The highest BCUT2D eigenvalue weighted by molar-refractivity contribution is 7.91. The van der Waals surface area contributed by atoms with Crippen molar-refractivity contribution in [2.75, 3.05) is 11.5 Å². The van der Waals surface area contributed by atoms with E-state index >= 15 is 0 Å². The smallest absolute Gasteiger partial charge is 0.150 e. The maximum absolute atomic E-state index is 11.4. The van der Waals surface area contributed by atoms with Crippen molar-refractivity contribution >= 4 is 20.9 Å². The first-order valence-corrected chi connectivity index (χ1v) is 8.77. The van der Waals surface area contributed by atoms with Gasteiger partial charge in [0.05, 0.1) is 28.6 Å². The number of imidazole rings is 1. The van der Waals surface area contributed by atoms with Gasteiger partial charge in [-0.15, -0.1) is 0 Å². The minimum Gasteiger partial charge on any atom is -0.341 e. The molecule has 2 N–H and O–H groups in total. The van der Waals surface area contributed by atoms with Gasteiger partial charge in [0.1, 0.15) is 15.7 Å². The third kappa shape index (κ3) is 2.86. The first kappa shape index (κ1) is 13.6. The van der Waals surface area contributed by atoms with Crippen LogP contribution < -0.4 is 5.32 Å². The Bertz CT molecular complexity index is 661. The van der Waals surface area contributed by atoms with Gasteiger partial charge < -0.3 is 10.3 Å². The molecule has 1 aromatic carbocycles. The molecule has 6 heteroatoms. The molecule has 20 heavy (non-hydrogen) atoms. The molecule has 0 radical (unpaired) electrons. The lowest BCUT2D eigenvalue weighted by Gasteiger charge is -2.25. The summed E-state index contributed by atoms with van der Waals surface area (Å²) in [6, 6.07) is 8.28. The van der Waals surface area contributed by atoms with Crippen LogP contribution in [0.3, 0.4) is 0 Å². The zero-order valence-corrected chi connectivity index (χ0v) is 12.3. The van der Waals surface area contributed by atoms with Crippen molar-refractivity contribution in [3.63, 3.8) is 0 Å². The van der Waals surface area contributed by atoms with E-state index in [0.717, 1.165) is 16.9 Å². The Hall–Kier alpha value is -1.40. The number of sulfone groups is 1. The number of benzene rings is 1. The van der Waals surface area contributed by atoms with Crippen LogP contribution in [0.5, 0.6) is 0 Å². The van der Waals surface area contributed by atoms with E-state index in [9.17, 15) is 8.42 Å². The van der Waals surface area contributed by atoms with E-state index in [0.29, 0.717) is 12.8 Å². The molecule has 5 nitrogen and oxygen atoms in total. The quantitative estimate of drug-likeness (QED) is 0.904. The number of H-pyrrole nitrogens is 1. The Balaban J connectivity index is 1.68. The first-order valence-electron chi connectivity index (χ1n) is 6.95. The van der Waals surface area contributed by atoms with Crippen molar-refractivity contribution in [1.82, 2.24) is 15.3 Å². The van der Waals surface area contributed by atoms with E-state index in [-0.39, 0.29) is 23.6 Å². The number of hydrogen-bond acceptors (Lipinski definition) is 4. The fourth-order valence-corrected chi connectivity index (χ4v) is 4.16. The molecule has 1 unspecified atom stereocenters. The summed E-state index contributed by atoms with van der Waals surface area (Å²) >= 11 is 0. The second kappa shape index (κ2) is 5.18. The summed E-state index contributed by atoms with van der Waals surface area (Å²) in [5.74, 6) is 1.48. The molecule has 2 aromatic rings. The number of aromatic nitrogens is 2. The van der Waals surface area contributed by atoms with E-state index in [2.05, 4.69) is 22.2 Å². The van der Waals surface area contributed by atoms with Gasteiger partial charge in [-0.2, -0.15) is 0 Å². The highest BCUT2D eigenvalue weighted by atomic mass is 32.2. The number of fused-ring (bicyclic) bond motifs is 1. The van der Waals surface area contributed by atoms with Crippen molar-refractivity contribution in [1.29, 1.82) is 0 Å². The van der Waals surface area contributed by atoms with E-state index in [1.165, 1.54) is 0 Å². The summed E-state index contributed by atoms with van der Waals surface area (Å²) in [4.78, 5) is 7.88. The highest BCUT2D eigenvalue weighted by Crippen LogP contribution is 2.19. The third-order valence-corrected chi connectivity index (χ3v) is 5.57. The van der Waals surface area contributed by atoms with Crippen LogP contribution in [0.15, 0.2) is 24.3 Å². The first-order chi connectivity index (χ1) is 9.53.